The van der Waals surface area contributed by atoms with Gasteiger partial charge in [0.25, 0.3) is 0 Å². The molecule has 1 aliphatic rings. The maximum absolute atomic E-state index is 13.3. The molecule has 0 spiro atoms. The number of nitrogens with one attached hydrogen (secondary N) is 4. The average Bonchev–Trinajstić information content (AvgIpc) is 3.49. The number of benzene rings is 1. The van der Waals surface area contributed by atoms with E-state index in [9.17, 15) is 9.18 Å². The summed E-state index contributed by atoms with van der Waals surface area (Å²) in [6.07, 6.45) is 3.93. The van der Waals surface area contributed by atoms with Crippen molar-refractivity contribution >= 4 is 35.1 Å². The lowest BCUT2D eigenvalue weighted by Crippen LogP contribution is -2.24. The Balaban J connectivity index is 1.54. The molecular weight excluding hydrogens is 409 g/mol. The predicted octanol–water partition coefficient (Wildman–Crippen LogP) is 3.90. The van der Waals surface area contributed by atoms with Gasteiger partial charge in [-0.2, -0.15) is 10.1 Å². The van der Waals surface area contributed by atoms with E-state index in [1.54, 1.807) is 19.2 Å². The van der Waals surface area contributed by atoms with Gasteiger partial charge in [0.05, 0.1) is 18.7 Å². The Bertz CT molecular complexity index is 1040. The first-order chi connectivity index (χ1) is 14.5. The van der Waals surface area contributed by atoms with E-state index in [1.165, 1.54) is 31.2 Å². The minimum Gasteiger partial charge on any atom is -0.359 e. The summed E-state index contributed by atoms with van der Waals surface area (Å²) in [7, 11) is 1.56. The highest BCUT2D eigenvalue weighted by atomic mass is 35.5. The summed E-state index contributed by atoms with van der Waals surface area (Å²) in [5.74, 6) is 1.31. The van der Waals surface area contributed by atoms with Crippen molar-refractivity contribution in [1.82, 2.24) is 25.5 Å². The van der Waals surface area contributed by atoms with Crippen molar-refractivity contribution in [2.24, 2.45) is 0 Å². The Hall–Kier alpha value is -3.20. The van der Waals surface area contributed by atoms with Gasteiger partial charge in [0, 0.05) is 24.7 Å². The number of hydrogen-bond donors (Lipinski definition) is 4. The molecule has 0 saturated heterocycles. The normalized spacial score (nSPS) is 14.2. The number of carbonyl (C=O) groups is 1. The van der Waals surface area contributed by atoms with Crippen LogP contribution < -0.4 is 16.0 Å². The number of H-pyrrole nitrogens is 1. The van der Waals surface area contributed by atoms with E-state index in [-0.39, 0.29) is 24.1 Å². The fourth-order valence-electron chi connectivity index (χ4n) is 3.04. The molecule has 1 unspecified atom stereocenters. The maximum atomic E-state index is 13.3. The van der Waals surface area contributed by atoms with E-state index in [0.717, 1.165) is 11.3 Å². The monoisotopic (exact) mass is 429 g/mol. The molecule has 1 fully saturated rings. The average molecular weight is 430 g/mol. The van der Waals surface area contributed by atoms with Crippen LogP contribution in [-0.2, 0) is 4.79 Å². The largest absolute Gasteiger partial charge is 0.359 e. The second-order valence-electron chi connectivity index (χ2n) is 7.12. The summed E-state index contributed by atoms with van der Waals surface area (Å²) < 4.78 is 13.3. The number of rotatable bonds is 8. The minimum atomic E-state index is -0.452. The van der Waals surface area contributed by atoms with Gasteiger partial charge in [-0.3, -0.25) is 9.89 Å². The molecule has 1 amide bonds. The summed E-state index contributed by atoms with van der Waals surface area (Å²) in [6.45, 7) is 0. The number of carbonyl (C=O) groups excluding carboxylic acids is 1. The fourth-order valence-corrected chi connectivity index (χ4v) is 3.18. The number of hydrogen-bond acceptors (Lipinski definition) is 6. The van der Waals surface area contributed by atoms with Crippen LogP contribution in [0.3, 0.4) is 0 Å². The number of anilines is 3. The van der Waals surface area contributed by atoms with E-state index in [4.69, 9.17) is 11.6 Å². The summed E-state index contributed by atoms with van der Waals surface area (Å²) in [5, 5.41) is 16.4. The van der Waals surface area contributed by atoms with Gasteiger partial charge >= 0.3 is 0 Å². The van der Waals surface area contributed by atoms with Crippen molar-refractivity contribution in [3.63, 3.8) is 0 Å². The van der Waals surface area contributed by atoms with Crippen LogP contribution in [0.1, 0.15) is 42.5 Å². The maximum Gasteiger partial charge on any atom is 0.225 e. The highest BCUT2D eigenvalue weighted by Gasteiger charge is 2.25. The highest BCUT2D eigenvalue weighted by molar-refractivity contribution is 6.32. The number of aromatic nitrogens is 4. The molecule has 1 aliphatic carbocycles. The molecule has 8 nitrogen and oxygen atoms in total. The van der Waals surface area contributed by atoms with Gasteiger partial charge < -0.3 is 16.0 Å². The molecule has 30 heavy (non-hydrogen) atoms. The van der Waals surface area contributed by atoms with E-state index < -0.39 is 6.04 Å². The third kappa shape index (κ3) is 4.85. The molecule has 1 saturated carbocycles. The Morgan fingerprint density at radius 3 is 2.80 bits per heavy atom. The molecule has 156 valence electrons. The van der Waals surface area contributed by atoms with Gasteiger partial charge in [0.1, 0.15) is 10.8 Å². The van der Waals surface area contributed by atoms with Crippen LogP contribution in [0.15, 0.2) is 36.5 Å². The smallest absolute Gasteiger partial charge is 0.225 e. The number of amides is 1. The quantitative estimate of drug-likeness (QED) is 0.432. The molecule has 4 rings (SSSR count). The second kappa shape index (κ2) is 8.66. The van der Waals surface area contributed by atoms with E-state index in [0.29, 0.717) is 22.6 Å². The fraction of sp³-hybridized carbons (Fsp3) is 0.300. The molecular formula is C20H21ClFN7O. The first-order valence-electron chi connectivity index (χ1n) is 9.59. The molecule has 0 radical (unpaired) electrons. The van der Waals surface area contributed by atoms with Gasteiger partial charge in [-0.05, 0) is 30.5 Å². The van der Waals surface area contributed by atoms with Crippen LogP contribution >= 0.6 is 11.6 Å². The minimum absolute atomic E-state index is 0.126. The molecule has 0 aliphatic heterocycles. The highest BCUT2D eigenvalue weighted by Crippen LogP contribution is 2.39. The van der Waals surface area contributed by atoms with Crippen LogP contribution in [-0.4, -0.2) is 33.1 Å². The lowest BCUT2D eigenvalue weighted by Gasteiger charge is -2.19. The molecule has 1 atom stereocenters. The van der Waals surface area contributed by atoms with Crippen molar-refractivity contribution < 1.29 is 9.18 Å². The van der Waals surface area contributed by atoms with Crippen molar-refractivity contribution in [2.45, 2.75) is 31.2 Å². The van der Waals surface area contributed by atoms with Gasteiger partial charge in [-0.15, -0.1) is 0 Å². The summed E-state index contributed by atoms with van der Waals surface area (Å²) >= 11 is 6.25. The Morgan fingerprint density at radius 1 is 1.33 bits per heavy atom. The van der Waals surface area contributed by atoms with Crippen LogP contribution in [0.4, 0.5) is 22.0 Å². The molecule has 1 aromatic carbocycles. The number of halogens is 2. The molecule has 4 N–H and O–H groups in total. The van der Waals surface area contributed by atoms with E-state index in [2.05, 4.69) is 36.1 Å². The van der Waals surface area contributed by atoms with Crippen molar-refractivity contribution in [1.29, 1.82) is 0 Å². The standard InChI is InChI=1S/C20H21ClFN7O/c1-23-18(30)9-15(11-4-6-13(22)7-5-11)25-20-24-10-14(21)19(27-20)26-17-8-16(28-29-17)12-2-3-12/h4-8,10,12,15H,2-3,9H2,1H3,(H,23,30)(H3,24,25,26,27,28,29). The summed E-state index contributed by atoms with van der Waals surface area (Å²) in [4.78, 5) is 20.6. The van der Waals surface area contributed by atoms with Crippen LogP contribution in [0.25, 0.3) is 0 Å². The lowest BCUT2D eigenvalue weighted by atomic mass is 10.0. The van der Waals surface area contributed by atoms with Gasteiger partial charge in [-0.1, -0.05) is 23.7 Å². The van der Waals surface area contributed by atoms with Crippen LogP contribution in [0, 0.1) is 5.82 Å². The van der Waals surface area contributed by atoms with Crippen LogP contribution in [0.5, 0.6) is 0 Å². The van der Waals surface area contributed by atoms with Gasteiger partial charge in [-0.25, -0.2) is 9.37 Å². The SMILES string of the molecule is CNC(=O)CC(Nc1ncc(Cl)c(Nc2cc(C3CC3)[nH]n2)n1)c1ccc(F)cc1. The van der Waals surface area contributed by atoms with E-state index in [1.807, 2.05) is 6.07 Å². The van der Waals surface area contributed by atoms with E-state index >= 15 is 0 Å². The predicted molar refractivity (Wildman–Crippen MR) is 112 cm³/mol. The molecule has 2 heterocycles. The Morgan fingerprint density at radius 2 is 2.10 bits per heavy atom. The van der Waals surface area contributed by atoms with Crippen molar-refractivity contribution in [3.8, 4) is 0 Å². The molecule has 2 aromatic heterocycles. The molecule has 0 bridgehead atoms. The number of nitrogens with zero attached hydrogens (tertiary/aromatic N) is 3. The summed E-state index contributed by atoms with van der Waals surface area (Å²) in [6, 6.07) is 7.42. The van der Waals surface area contributed by atoms with Crippen molar-refractivity contribution in [3.05, 3.63) is 58.6 Å². The first kappa shape index (κ1) is 20.1. The zero-order valence-electron chi connectivity index (χ0n) is 16.2. The third-order valence-corrected chi connectivity index (χ3v) is 5.13. The lowest BCUT2D eigenvalue weighted by molar-refractivity contribution is -0.120. The third-order valence-electron chi connectivity index (χ3n) is 4.85. The number of aromatic amines is 1. The van der Waals surface area contributed by atoms with Crippen molar-refractivity contribution in [2.75, 3.05) is 17.7 Å². The van der Waals surface area contributed by atoms with Gasteiger partial charge in [0.15, 0.2) is 11.6 Å². The van der Waals surface area contributed by atoms with Crippen LogP contribution in [0.2, 0.25) is 5.02 Å². The zero-order chi connectivity index (χ0) is 21.1. The topological polar surface area (TPSA) is 108 Å². The zero-order valence-corrected chi connectivity index (χ0v) is 17.0. The molecule has 10 heteroatoms. The first-order valence-corrected chi connectivity index (χ1v) is 9.97. The van der Waals surface area contributed by atoms with Gasteiger partial charge in [0.2, 0.25) is 11.9 Å². The second-order valence-corrected chi connectivity index (χ2v) is 7.53. The Labute approximate surface area is 177 Å². The Kier molecular flexibility index (Phi) is 5.80. The molecule has 3 aromatic rings. The summed E-state index contributed by atoms with van der Waals surface area (Å²) in [5.41, 5.74) is 1.82.